The number of rotatable bonds is 6. The van der Waals surface area contributed by atoms with Gasteiger partial charge in [-0.3, -0.25) is 4.68 Å². The molecule has 0 radical (unpaired) electrons. The fourth-order valence-corrected chi connectivity index (χ4v) is 1.78. The summed E-state index contributed by atoms with van der Waals surface area (Å²) >= 11 is 0. The van der Waals surface area contributed by atoms with E-state index in [4.69, 9.17) is 4.74 Å². The summed E-state index contributed by atoms with van der Waals surface area (Å²) in [6.45, 7) is 9.96. The molecule has 1 unspecified atom stereocenters. The quantitative estimate of drug-likeness (QED) is 0.800. The van der Waals surface area contributed by atoms with Crippen LogP contribution in [0.4, 0.5) is 0 Å². The average molecular weight is 225 g/mol. The van der Waals surface area contributed by atoms with Gasteiger partial charge in [-0.15, -0.1) is 0 Å². The van der Waals surface area contributed by atoms with E-state index < -0.39 is 0 Å². The minimum Gasteiger partial charge on any atom is -0.380 e. The predicted octanol–water partition coefficient (Wildman–Crippen LogP) is 1.67. The summed E-state index contributed by atoms with van der Waals surface area (Å²) < 4.78 is 7.22. The fourth-order valence-electron chi connectivity index (χ4n) is 1.78. The third-order valence-electron chi connectivity index (χ3n) is 2.61. The highest BCUT2D eigenvalue weighted by atomic mass is 16.5. The van der Waals surface area contributed by atoms with Gasteiger partial charge in [0.05, 0.1) is 12.8 Å². The first-order valence-electron chi connectivity index (χ1n) is 5.80. The second-order valence-electron chi connectivity index (χ2n) is 4.73. The molecular formula is C12H23N3O. The van der Waals surface area contributed by atoms with Gasteiger partial charge in [0.1, 0.15) is 0 Å². The van der Waals surface area contributed by atoms with Crippen molar-refractivity contribution in [1.82, 2.24) is 15.1 Å². The normalized spacial score (nSPS) is 14.1. The molecule has 1 N–H and O–H groups in total. The second kappa shape index (κ2) is 5.46. The van der Waals surface area contributed by atoms with Crippen molar-refractivity contribution in [3.63, 3.8) is 0 Å². The van der Waals surface area contributed by atoms with Gasteiger partial charge in [0.15, 0.2) is 0 Å². The molecule has 1 heterocycles. The fraction of sp³-hybridized carbons (Fsp3) is 0.750. The van der Waals surface area contributed by atoms with Crippen molar-refractivity contribution in [2.75, 3.05) is 13.2 Å². The Hall–Kier alpha value is -0.870. The SMILES string of the molecule is CCOCC(C)NC(C)(C)c1cnn(C)c1. The summed E-state index contributed by atoms with van der Waals surface area (Å²) in [6, 6.07) is 0.329. The van der Waals surface area contributed by atoms with Crippen LogP contribution in [0.25, 0.3) is 0 Å². The molecule has 4 heteroatoms. The van der Waals surface area contributed by atoms with Crippen LogP contribution in [0.2, 0.25) is 0 Å². The van der Waals surface area contributed by atoms with Gasteiger partial charge in [-0.1, -0.05) is 0 Å². The third kappa shape index (κ3) is 3.61. The van der Waals surface area contributed by atoms with Crippen molar-refractivity contribution in [2.45, 2.75) is 39.3 Å². The zero-order valence-electron chi connectivity index (χ0n) is 10.9. The molecule has 0 saturated carbocycles. The Kier molecular flexibility index (Phi) is 4.50. The third-order valence-corrected chi connectivity index (χ3v) is 2.61. The van der Waals surface area contributed by atoms with E-state index in [1.54, 1.807) is 0 Å². The zero-order chi connectivity index (χ0) is 12.2. The highest BCUT2D eigenvalue weighted by Gasteiger charge is 2.23. The smallest absolute Gasteiger partial charge is 0.0617 e. The van der Waals surface area contributed by atoms with Crippen LogP contribution < -0.4 is 5.32 Å². The lowest BCUT2D eigenvalue weighted by atomic mass is 9.97. The molecule has 16 heavy (non-hydrogen) atoms. The summed E-state index contributed by atoms with van der Waals surface area (Å²) in [6.07, 6.45) is 3.95. The van der Waals surface area contributed by atoms with E-state index >= 15 is 0 Å². The summed E-state index contributed by atoms with van der Waals surface area (Å²) in [5, 5.41) is 7.74. The van der Waals surface area contributed by atoms with Crippen molar-refractivity contribution in [1.29, 1.82) is 0 Å². The largest absolute Gasteiger partial charge is 0.380 e. The molecule has 0 saturated heterocycles. The Morgan fingerprint density at radius 3 is 2.75 bits per heavy atom. The lowest BCUT2D eigenvalue weighted by Crippen LogP contribution is -2.44. The van der Waals surface area contributed by atoms with Gasteiger partial charge >= 0.3 is 0 Å². The number of hydrogen-bond acceptors (Lipinski definition) is 3. The molecular weight excluding hydrogens is 202 g/mol. The number of hydrogen-bond donors (Lipinski definition) is 1. The van der Waals surface area contributed by atoms with Gasteiger partial charge in [0.25, 0.3) is 0 Å². The predicted molar refractivity (Wildman–Crippen MR) is 65.3 cm³/mol. The van der Waals surface area contributed by atoms with Gasteiger partial charge in [-0.2, -0.15) is 5.10 Å². The Morgan fingerprint density at radius 1 is 1.56 bits per heavy atom. The van der Waals surface area contributed by atoms with Crippen molar-refractivity contribution in [3.05, 3.63) is 18.0 Å². The van der Waals surface area contributed by atoms with Crippen LogP contribution >= 0.6 is 0 Å². The van der Waals surface area contributed by atoms with E-state index in [2.05, 4.69) is 31.2 Å². The standard InChI is InChI=1S/C12H23N3O/c1-6-16-9-10(2)14-12(3,4)11-7-13-15(5)8-11/h7-8,10,14H,6,9H2,1-5H3. The van der Waals surface area contributed by atoms with E-state index in [9.17, 15) is 0 Å². The molecule has 0 fully saturated rings. The topological polar surface area (TPSA) is 39.1 Å². The van der Waals surface area contributed by atoms with Crippen molar-refractivity contribution >= 4 is 0 Å². The first-order valence-corrected chi connectivity index (χ1v) is 5.80. The molecule has 0 bridgehead atoms. The summed E-state index contributed by atoms with van der Waals surface area (Å²) in [5.41, 5.74) is 1.11. The van der Waals surface area contributed by atoms with Crippen LogP contribution in [-0.2, 0) is 17.3 Å². The maximum Gasteiger partial charge on any atom is 0.0617 e. The van der Waals surface area contributed by atoms with E-state index in [0.29, 0.717) is 6.04 Å². The highest BCUT2D eigenvalue weighted by Crippen LogP contribution is 2.19. The van der Waals surface area contributed by atoms with Crippen molar-refractivity contribution in [3.8, 4) is 0 Å². The highest BCUT2D eigenvalue weighted by molar-refractivity contribution is 5.15. The summed E-state index contributed by atoms with van der Waals surface area (Å²) in [5.74, 6) is 0. The molecule has 1 rings (SSSR count). The van der Waals surface area contributed by atoms with Crippen LogP contribution in [0.1, 0.15) is 33.3 Å². The van der Waals surface area contributed by atoms with Gasteiger partial charge in [0.2, 0.25) is 0 Å². The number of nitrogens with zero attached hydrogens (tertiary/aromatic N) is 2. The monoisotopic (exact) mass is 225 g/mol. The minimum absolute atomic E-state index is 0.0786. The molecule has 1 atom stereocenters. The summed E-state index contributed by atoms with van der Waals surface area (Å²) in [4.78, 5) is 0. The zero-order valence-corrected chi connectivity index (χ0v) is 10.9. The van der Waals surface area contributed by atoms with Gasteiger partial charge in [-0.05, 0) is 27.7 Å². The Balaban J connectivity index is 2.57. The minimum atomic E-state index is -0.0786. The van der Waals surface area contributed by atoms with Crippen LogP contribution in [0.5, 0.6) is 0 Å². The molecule has 1 aromatic heterocycles. The average Bonchev–Trinajstić information content (AvgIpc) is 2.62. The Morgan fingerprint density at radius 2 is 2.25 bits per heavy atom. The molecule has 0 aromatic carbocycles. The number of nitrogens with one attached hydrogen (secondary N) is 1. The van der Waals surface area contributed by atoms with E-state index in [-0.39, 0.29) is 5.54 Å². The molecule has 0 spiro atoms. The lowest BCUT2D eigenvalue weighted by molar-refractivity contribution is 0.117. The second-order valence-corrected chi connectivity index (χ2v) is 4.73. The molecule has 4 nitrogen and oxygen atoms in total. The lowest BCUT2D eigenvalue weighted by Gasteiger charge is -2.29. The molecule has 92 valence electrons. The van der Waals surface area contributed by atoms with Crippen LogP contribution in [0.3, 0.4) is 0 Å². The van der Waals surface area contributed by atoms with Gasteiger partial charge in [-0.25, -0.2) is 0 Å². The maximum atomic E-state index is 5.40. The number of aryl methyl sites for hydroxylation is 1. The van der Waals surface area contributed by atoms with E-state index in [1.165, 1.54) is 5.56 Å². The van der Waals surface area contributed by atoms with Crippen LogP contribution in [0.15, 0.2) is 12.4 Å². The van der Waals surface area contributed by atoms with Crippen LogP contribution in [0, 0.1) is 0 Å². The summed E-state index contributed by atoms with van der Waals surface area (Å²) in [7, 11) is 1.93. The van der Waals surface area contributed by atoms with Gasteiger partial charge in [0, 0.05) is 37.0 Å². The molecule has 0 aliphatic heterocycles. The number of ether oxygens (including phenoxy) is 1. The van der Waals surface area contributed by atoms with E-state index in [1.807, 2.05) is 31.0 Å². The Labute approximate surface area is 98.0 Å². The molecule has 0 aliphatic carbocycles. The first-order chi connectivity index (χ1) is 7.45. The molecule has 0 aliphatic rings. The van der Waals surface area contributed by atoms with Crippen molar-refractivity contribution < 1.29 is 4.74 Å². The Bertz CT molecular complexity index is 320. The van der Waals surface area contributed by atoms with Gasteiger partial charge < -0.3 is 10.1 Å². The van der Waals surface area contributed by atoms with Crippen molar-refractivity contribution in [2.24, 2.45) is 7.05 Å². The number of aromatic nitrogens is 2. The molecule has 0 amide bonds. The maximum absolute atomic E-state index is 5.40. The van der Waals surface area contributed by atoms with Crippen LogP contribution in [-0.4, -0.2) is 29.0 Å². The first kappa shape index (κ1) is 13.2. The molecule has 1 aromatic rings. The van der Waals surface area contributed by atoms with E-state index in [0.717, 1.165) is 13.2 Å².